The van der Waals surface area contributed by atoms with Crippen LogP contribution in [0.25, 0.3) is 0 Å². The van der Waals surface area contributed by atoms with Gasteiger partial charge in [0.05, 0.1) is 4.90 Å². The first-order chi connectivity index (χ1) is 14.4. The molecule has 2 aromatic carbocycles. The molecule has 0 bridgehead atoms. The van der Waals surface area contributed by atoms with Crippen molar-refractivity contribution in [1.29, 1.82) is 0 Å². The molecule has 7 nitrogen and oxygen atoms in total. The first-order valence-corrected chi connectivity index (χ1v) is 11.9. The van der Waals surface area contributed by atoms with Gasteiger partial charge in [-0.15, -0.1) is 0 Å². The highest BCUT2D eigenvalue weighted by molar-refractivity contribution is 7.99. The molecular formula is C21H22N4O3S2. The van der Waals surface area contributed by atoms with Gasteiger partial charge in [0.1, 0.15) is 0 Å². The topological polar surface area (TPSA) is 84.3 Å². The number of anilines is 1. The van der Waals surface area contributed by atoms with Crippen LogP contribution in [0.2, 0.25) is 0 Å². The molecule has 0 unspecified atom stereocenters. The fraction of sp³-hybridized carbons (Fsp3) is 0.238. The number of nitrogens with zero attached hydrogens (tertiary/aromatic N) is 3. The summed E-state index contributed by atoms with van der Waals surface area (Å²) in [5, 5.41) is 3.70. The van der Waals surface area contributed by atoms with E-state index in [0.717, 1.165) is 22.9 Å². The fourth-order valence-corrected chi connectivity index (χ4v) is 5.61. The summed E-state index contributed by atoms with van der Waals surface area (Å²) in [6.07, 6.45) is 5.37. The molecule has 1 fully saturated rings. The Hall–Kier alpha value is -2.62. The standard InChI is InChI=1S/C21H22N4O3S2/c1-24-14-11-22-21(24)29-18-9-7-17(8-10-18)23-20(26)16-5-4-6-19(15-16)30(27,28)25-12-2-3-13-25/h4-11,14-15H,2-3,12-13H2,1H3,(H,23,26). The molecule has 1 aromatic heterocycles. The molecule has 2 heterocycles. The largest absolute Gasteiger partial charge is 0.329 e. The quantitative estimate of drug-likeness (QED) is 0.630. The third-order valence-corrected chi connectivity index (χ3v) is 7.88. The maximum Gasteiger partial charge on any atom is 0.255 e. The molecule has 0 radical (unpaired) electrons. The van der Waals surface area contributed by atoms with E-state index in [1.165, 1.54) is 28.2 Å². The van der Waals surface area contributed by atoms with Crippen LogP contribution in [0.15, 0.2) is 75.9 Å². The number of benzene rings is 2. The van der Waals surface area contributed by atoms with E-state index in [-0.39, 0.29) is 10.8 Å². The molecule has 156 valence electrons. The molecular weight excluding hydrogens is 420 g/mol. The van der Waals surface area contributed by atoms with Crippen LogP contribution >= 0.6 is 11.8 Å². The summed E-state index contributed by atoms with van der Waals surface area (Å²) < 4.78 is 28.9. The van der Waals surface area contributed by atoms with E-state index in [2.05, 4.69) is 10.3 Å². The number of nitrogens with one attached hydrogen (secondary N) is 1. The van der Waals surface area contributed by atoms with Gasteiger partial charge < -0.3 is 9.88 Å². The molecule has 3 aromatic rings. The molecule has 1 aliphatic heterocycles. The lowest BCUT2D eigenvalue weighted by Crippen LogP contribution is -2.28. The molecule has 0 saturated carbocycles. The molecule has 4 rings (SSSR count). The first-order valence-electron chi connectivity index (χ1n) is 9.60. The number of hydrogen-bond donors (Lipinski definition) is 1. The number of imidazole rings is 1. The molecule has 0 aliphatic carbocycles. The van der Waals surface area contributed by atoms with Crippen LogP contribution in [0.4, 0.5) is 5.69 Å². The highest BCUT2D eigenvalue weighted by atomic mass is 32.2. The minimum atomic E-state index is -3.56. The highest BCUT2D eigenvalue weighted by Gasteiger charge is 2.27. The van der Waals surface area contributed by atoms with Gasteiger partial charge in [0.25, 0.3) is 5.91 Å². The Morgan fingerprint density at radius 3 is 2.50 bits per heavy atom. The first kappa shape index (κ1) is 20.6. The number of carbonyl (C=O) groups excluding carboxylic acids is 1. The second-order valence-electron chi connectivity index (χ2n) is 7.04. The van der Waals surface area contributed by atoms with Crippen molar-refractivity contribution < 1.29 is 13.2 Å². The van der Waals surface area contributed by atoms with Crippen LogP contribution in [0.1, 0.15) is 23.2 Å². The van der Waals surface area contributed by atoms with Crippen LogP contribution in [-0.4, -0.2) is 41.3 Å². The van der Waals surface area contributed by atoms with Crippen LogP contribution in [0, 0.1) is 0 Å². The average molecular weight is 443 g/mol. The minimum absolute atomic E-state index is 0.152. The number of sulfonamides is 1. The summed E-state index contributed by atoms with van der Waals surface area (Å²) >= 11 is 1.53. The molecule has 1 N–H and O–H groups in total. The van der Waals surface area contributed by atoms with E-state index in [4.69, 9.17) is 0 Å². The molecule has 9 heteroatoms. The van der Waals surface area contributed by atoms with Gasteiger partial charge in [-0.05, 0) is 55.3 Å². The maximum atomic E-state index is 12.7. The lowest BCUT2D eigenvalue weighted by atomic mass is 10.2. The monoisotopic (exact) mass is 442 g/mol. The van der Waals surface area contributed by atoms with Gasteiger partial charge in [0, 0.05) is 48.7 Å². The third kappa shape index (κ3) is 4.43. The van der Waals surface area contributed by atoms with Gasteiger partial charge in [-0.3, -0.25) is 4.79 Å². The van der Waals surface area contributed by atoms with Crippen molar-refractivity contribution in [3.8, 4) is 0 Å². The van der Waals surface area contributed by atoms with Gasteiger partial charge >= 0.3 is 0 Å². The van der Waals surface area contributed by atoms with Gasteiger partial charge in [0.15, 0.2) is 5.16 Å². The van der Waals surface area contributed by atoms with E-state index in [9.17, 15) is 13.2 Å². The lowest BCUT2D eigenvalue weighted by Gasteiger charge is -2.16. The smallest absolute Gasteiger partial charge is 0.255 e. The van der Waals surface area contributed by atoms with Crippen molar-refractivity contribution >= 4 is 33.4 Å². The van der Waals surface area contributed by atoms with Crippen molar-refractivity contribution in [2.75, 3.05) is 18.4 Å². The van der Waals surface area contributed by atoms with Crippen LogP contribution in [0.5, 0.6) is 0 Å². The van der Waals surface area contributed by atoms with Crippen LogP contribution in [0.3, 0.4) is 0 Å². The number of rotatable bonds is 6. The van der Waals surface area contributed by atoms with Crippen molar-refractivity contribution in [1.82, 2.24) is 13.9 Å². The Balaban J connectivity index is 1.45. The maximum absolute atomic E-state index is 12.7. The Kier molecular flexibility index (Phi) is 5.94. The van der Waals surface area contributed by atoms with Crippen LogP contribution < -0.4 is 5.32 Å². The van der Waals surface area contributed by atoms with Gasteiger partial charge in [-0.1, -0.05) is 17.8 Å². The average Bonchev–Trinajstić information content (AvgIpc) is 3.42. The predicted molar refractivity (Wildman–Crippen MR) is 116 cm³/mol. The van der Waals surface area contributed by atoms with E-state index < -0.39 is 10.0 Å². The Morgan fingerprint density at radius 2 is 1.83 bits per heavy atom. The number of aryl methyl sites for hydroxylation is 1. The lowest BCUT2D eigenvalue weighted by molar-refractivity contribution is 0.102. The molecule has 1 aliphatic rings. The zero-order valence-electron chi connectivity index (χ0n) is 16.5. The minimum Gasteiger partial charge on any atom is -0.329 e. The second kappa shape index (κ2) is 8.63. The zero-order valence-corrected chi connectivity index (χ0v) is 18.1. The Bertz CT molecular complexity index is 1150. The molecule has 0 atom stereocenters. The SMILES string of the molecule is Cn1ccnc1Sc1ccc(NC(=O)c2cccc(S(=O)(=O)N3CCCC3)c2)cc1. The number of hydrogen-bond acceptors (Lipinski definition) is 5. The summed E-state index contributed by atoms with van der Waals surface area (Å²) in [5.41, 5.74) is 0.943. The number of amides is 1. The number of carbonyl (C=O) groups is 1. The van der Waals surface area contributed by atoms with Gasteiger partial charge in [0.2, 0.25) is 10.0 Å². The summed E-state index contributed by atoms with van der Waals surface area (Å²) in [5.74, 6) is -0.349. The molecule has 1 amide bonds. The van der Waals surface area contributed by atoms with E-state index in [1.54, 1.807) is 18.3 Å². The molecule has 30 heavy (non-hydrogen) atoms. The van der Waals surface area contributed by atoms with Gasteiger partial charge in [-0.25, -0.2) is 13.4 Å². The Morgan fingerprint density at radius 1 is 1.10 bits per heavy atom. The normalized spacial score (nSPS) is 14.7. The van der Waals surface area contributed by atoms with E-state index in [1.807, 2.05) is 42.1 Å². The Labute approximate surface area is 180 Å². The van der Waals surface area contributed by atoms with E-state index >= 15 is 0 Å². The zero-order chi connectivity index (χ0) is 21.1. The summed E-state index contributed by atoms with van der Waals surface area (Å²) in [7, 11) is -1.63. The highest BCUT2D eigenvalue weighted by Crippen LogP contribution is 2.27. The molecule has 1 saturated heterocycles. The third-order valence-electron chi connectivity index (χ3n) is 4.90. The second-order valence-corrected chi connectivity index (χ2v) is 10.0. The van der Waals surface area contributed by atoms with Crippen molar-refractivity contribution in [3.05, 3.63) is 66.5 Å². The van der Waals surface area contributed by atoms with Crippen molar-refractivity contribution in [2.24, 2.45) is 7.05 Å². The van der Waals surface area contributed by atoms with E-state index in [0.29, 0.717) is 24.3 Å². The van der Waals surface area contributed by atoms with Crippen LogP contribution in [-0.2, 0) is 17.1 Å². The van der Waals surface area contributed by atoms with Gasteiger partial charge in [-0.2, -0.15) is 4.31 Å². The van der Waals surface area contributed by atoms with Crippen molar-refractivity contribution in [2.45, 2.75) is 27.8 Å². The summed E-state index contributed by atoms with van der Waals surface area (Å²) in [6, 6.07) is 13.6. The van der Waals surface area contributed by atoms with Crippen molar-refractivity contribution in [3.63, 3.8) is 0 Å². The summed E-state index contributed by atoms with van der Waals surface area (Å²) in [6.45, 7) is 1.06. The fourth-order valence-electron chi connectivity index (χ4n) is 3.24. The summed E-state index contributed by atoms with van der Waals surface area (Å²) in [4.78, 5) is 18.1. The predicted octanol–water partition coefficient (Wildman–Crippen LogP) is 3.61. The molecule has 0 spiro atoms. The number of aromatic nitrogens is 2.